The van der Waals surface area contributed by atoms with E-state index in [1.807, 2.05) is 24.3 Å². The Bertz CT molecular complexity index is 605. The van der Waals surface area contributed by atoms with Crippen LogP contribution in [0, 0.1) is 6.92 Å². The highest BCUT2D eigenvalue weighted by Gasteiger charge is 2.20. The van der Waals surface area contributed by atoms with Gasteiger partial charge in [-0.3, -0.25) is 0 Å². The molecule has 2 aromatic rings. The second-order valence-corrected chi connectivity index (χ2v) is 5.86. The second kappa shape index (κ2) is 6.39. The van der Waals surface area contributed by atoms with Crippen molar-refractivity contribution in [3.05, 3.63) is 30.0 Å². The molecule has 0 radical (unpaired) electrons. The largest absolute Gasteiger partial charge is 0.354 e. The number of fused-ring (bicyclic) bond motifs is 1. The summed E-state index contributed by atoms with van der Waals surface area (Å²) >= 11 is 0. The molecule has 21 heavy (non-hydrogen) atoms. The molecule has 0 bridgehead atoms. The van der Waals surface area contributed by atoms with E-state index >= 15 is 0 Å². The molecule has 2 heterocycles. The Morgan fingerprint density at radius 1 is 1.24 bits per heavy atom. The lowest BCUT2D eigenvalue weighted by atomic mass is 10.2. The molecule has 0 aliphatic carbocycles. The molecule has 3 rings (SSSR count). The lowest BCUT2D eigenvalue weighted by Gasteiger charge is -2.27. The predicted molar refractivity (Wildman–Crippen MR) is 87.8 cm³/mol. The van der Waals surface area contributed by atoms with E-state index in [4.69, 9.17) is 9.97 Å². The zero-order valence-electron chi connectivity index (χ0n) is 13.0. The average Bonchev–Trinajstić information content (AvgIpc) is 2.99. The highest BCUT2D eigenvalue weighted by molar-refractivity contribution is 5.76. The second-order valence-electron chi connectivity index (χ2n) is 5.86. The number of hydrogen-bond acceptors (Lipinski definition) is 4. The van der Waals surface area contributed by atoms with Gasteiger partial charge in [-0.15, -0.1) is 0 Å². The van der Waals surface area contributed by atoms with E-state index in [1.165, 1.54) is 12.8 Å². The summed E-state index contributed by atoms with van der Waals surface area (Å²) in [5, 5.41) is 3.58. The maximum Gasteiger partial charge on any atom is 0.150 e. The van der Waals surface area contributed by atoms with Crippen molar-refractivity contribution >= 4 is 16.9 Å². The summed E-state index contributed by atoms with van der Waals surface area (Å²) in [5.41, 5.74) is 2.99. The van der Waals surface area contributed by atoms with E-state index in [1.54, 1.807) is 0 Å². The molecule has 1 aliphatic heterocycles. The Morgan fingerprint density at radius 2 is 2.00 bits per heavy atom. The van der Waals surface area contributed by atoms with Crippen LogP contribution < -0.4 is 10.2 Å². The summed E-state index contributed by atoms with van der Waals surface area (Å²) in [6, 6.07) is 8.70. The summed E-state index contributed by atoms with van der Waals surface area (Å²) in [6.07, 6.45) is 3.67. The van der Waals surface area contributed by atoms with Gasteiger partial charge in [-0.05, 0) is 44.9 Å². The van der Waals surface area contributed by atoms with Crippen LogP contribution in [0.25, 0.3) is 11.0 Å². The maximum absolute atomic E-state index is 4.87. The van der Waals surface area contributed by atoms with E-state index in [0.29, 0.717) is 6.04 Å². The molecule has 4 heteroatoms. The van der Waals surface area contributed by atoms with Crippen molar-refractivity contribution in [2.24, 2.45) is 0 Å². The van der Waals surface area contributed by atoms with Gasteiger partial charge in [-0.2, -0.15) is 0 Å². The first kappa shape index (κ1) is 14.3. The first-order valence-corrected chi connectivity index (χ1v) is 7.99. The fraction of sp³-hybridized carbons (Fsp3) is 0.529. The van der Waals surface area contributed by atoms with Crippen molar-refractivity contribution in [2.75, 3.05) is 24.5 Å². The Hall–Kier alpha value is -1.68. The molecular formula is C17H24N4. The zero-order chi connectivity index (χ0) is 14.7. The van der Waals surface area contributed by atoms with E-state index in [2.05, 4.69) is 24.1 Å². The first-order chi connectivity index (χ1) is 10.3. The van der Waals surface area contributed by atoms with Gasteiger partial charge in [-0.25, -0.2) is 9.97 Å². The molecule has 1 fully saturated rings. The summed E-state index contributed by atoms with van der Waals surface area (Å²) in [4.78, 5) is 12.0. The third kappa shape index (κ3) is 3.16. The lowest BCUT2D eigenvalue weighted by molar-refractivity contribution is 0.574. The molecule has 1 N–H and O–H groups in total. The van der Waals surface area contributed by atoms with Crippen LogP contribution >= 0.6 is 0 Å². The highest BCUT2D eigenvalue weighted by atomic mass is 15.2. The lowest BCUT2D eigenvalue weighted by Crippen LogP contribution is -2.39. The number of hydrogen-bond donors (Lipinski definition) is 1. The van der Waals surface area contributed by atoms with E-state index < -0.39 is 0 Å². The van der Waals surface area contributed by atoms with E-state index in [0.717, 1.165) is 48.6 Å². The molecule has 112 valence electrons. The van der Waals surface area contributed by atoms with Gasteiger partial charge in [0.2, 0.25) is 0 Å². The smallest absolute Gasteiger partial charge is 0.150 e. The SMILES string of the molecule is CCCN(CC1CCCN1)c1nc2ccccc2nc1C. The van der Waals surface area contributed by atoms with Crippen molar-refractivity contribution < 1.29 is 0 Å². The van der Waals surface area contributed by atoms with Crippen molar-refractivity contribution in [1.82, 2.24) is 15.3 Å². The Morgan fingerprint density at radius 3 is 2.67 bits per heavy atom. The zero-order valence-corrected chi connectivity index (χ0v) is 13.0. The topological polar surface area (TPSA) is 41.0 Å². The van der Waals surface area contributed by atoms with Gasteiger partial charge in [0.05, 0.1) is 16.7 Å². The molecule has 1 saturated heterocycles. The highest BCUT2D eigenvalue weighted by Crippen LogP contribution is 2.21. The third-order valence-electron chi connectivity index (χ3n) is 4.12. The fourth-order valence-corrected chi connectivity index (χ4v) is 3.11. The van der Waals surface area contributed by atoms with Crippen LogP contribution in [-0.2, 0) is 0 Å². The molecule has 1 aromatic carbocycles. The molecule has 0 saturated carbocycles. The molecule has 4 nitrogen and oxygen atoms in total. The van der Waals surface area contributed by atoms with Crippen molar-refractivity contribution in [1.29, 1.82) is 0 Å². The van der Waals surface area contributed by atoms with Gasteiger partial charge >= 0.3 is 0 Å². The molecule has 0 amide bonds. The number of aromatic nitrogens is 2. The number of nitrogens with zero attached hydrogens (tertiary/aromatic N) is 3. The quantitative estimate of drug-likeness (QED) is 0.916. The minimum atomic E-state index is 0.587. The number of rotatable bonds is 5. The standard InChI is InChI=1S/C17H24N4/c1-3-11-21(12-14-7-6-10-18-14)17-13(2)19-15-8-4-5-9-16(15)20-17/h4-5,8-9,14,18H,3,6-7,10-12H2,1-2H3. The number of para-hydroxylation sites is 2. The third-order valence-corrected chi connectivity index (χ3v) is 4.12. The molecule has 1 unspecified atom stereocenters. The Labute approximate surface area is 126 Å². The molecule has 1 aromatic heterocycles. The minimum Gasteiger partial charge on any atom is -0.354 e. The van der Waals surface area contributed by atoms with Crippen LogP contribution in [0.15, 0.2) is 24.3 Å². The molecular weight excluding hydrogens is 260 g/mol. The van der Waals surface area contributed by atoms with Gasteiger partial charge in [0.25, 0.3) is 0 Å². The summed E-state index contributed by atoms with van der Waals surface area (Å²) < 4.78 is 0. The van der Waals surface area contributed by atoms with Gasteiger partial charge in [0.15, 0.2) is 5.82 Å². The normalized spacial score (nSPS) is 18.3. The van der Waals surface area contributed by atoms with Crippen LogP contribution in [0.3, 0.4) is 0 Å². The number of anilines is 1. The fourth-order valence-electron chi connectivity index (χ4n) is 3.11. The summed E-state index contributed by atoms with van der Waals surface area (Å²) in [6.45, 7) is 7.50. The van der Waals surface area contributed by atoms with Gasteiger partial charge in [0.1, 0.15) is 0 Å². The van der Waals surface area contributed by atoms with Crippen molar-refractivity contribution in [3.8, 4) is 0 Å². The van der Waals surface area contributed by atoms with Gasteiger partial charge in [-0.1, -0.05) is 19.1 Å². The van der Waals surface area contributed by atoms with Crippen LogP contribution in [-0.4, -0.2) is 35.6 Å². The average molecular weight is 284 g/mol. The van der Waals surface area contributed by atoms with Crippen molar-refractivity contribution in [2.45, 2.75) is 39.2 Å². The number of aryl methyl sites for hydroxylation is 1. The predicted octanol–water partition coefficient (Wildman–Crippen LogP) is 2.91. The van der Waals surface area contributed by atoms with Crippen LogP contribution in [0.5, 0.6) is 0 Å². The first-order valence-electron chi connectivity index (χ1n) is 7.99. The van der Waals surface area contributed by atoms with Crippen LogP contribution in [0.1, 0.15) is 31.9 Å². The van der Waals surface area contributed by atoms with E-state index in [9.17, 15) is 0 Å². The van der Waals surface area contributed by atoms with Gasteiger partial charge < -0.3 is 10.2 Å². The van der Waals surface area contributed by atoms with Crippen LogP contribution in [0.4, 0.5) is 5.82 Å². The molecule has 1 atom stereocenters. The monoisotopic (exact) mass is 284 g/mol. The molecule has 0 spiro atoms. The number of nitrogens with one attached hydrogen (secondary N) is 1. The molecule has 1 aliphatic rings. The Balaban J connectivity index is 1.91. The maximum atomic E-state index is 4.87. The van der Waals surface area contributed by atoms with Crippen molar-refractivity contribution in [3.63, 3.8) is 0 Å². The summed E-state index contributed by atoms with van der Waals surface area (Å²) in [7, 11) is 0. The van der Waals surface area contributed by atoms with E-state index in [-0.39, 0.29) is 0 Å². The van der Waals surface area contributed by atoms with Crippen LogP contribution in [0.2, 0.25) is 0 Å². The Kier molecular flexibility index (Phi) is 4.34. The minimum absolute atomic E-state index is 0.587. The number of benzene rings is 1. The van der Waals surface area contributed by atoms with Gasteiger partial charge in [0, 0.05) is 19.1 Å². The summed E-state index contributed by atoms with van der Waals surface area (Å²) in [5.74, 6) is 1.05.